The fraction of sp³-hybridized carbons (Fsp3) is 0.588. The van der Waals surface area contributed by atoms with Crippen LogP contribution in [-0.2, 0) is 14.6 Å². The summed E-state index contributed by atoms with van der Waals surface area (Å²) in [5.74, 6) is 1.62. The molecule has 0 aliphatic carbocycles. The lowest BCUT2D eigenvalue weighted by molar-refractivity contribution is 0.154. The number of halogens is 1. The molecule has 0 aromatic heterocycles. The van der Waals surface area contributed by atoms with Crippen LogP contribution in [-0.4, -0.2) is 65.8 Å². The lowest BCUT2D eigenvalue weighted by atomic mass is 10.3. The highest BCUT2D eigenvalue weighted by molar-refractivity contribution is 14.0. The molecule has 0 radical (unpaired) electrons. The molecule has 1 aromatic rings. The van der Waals surface area contributed by atoms with Gasteiger partial charge in [0, 0.05) is 32.3 Å². The average molecular weight is 499 g/mol. The van der Waals surface area contributed by atoms with Crippen LogP contribution in [0.2, 0.25) is 0 Å². The Morgan fingerprint density at radius 3 is 2.50 bits per heavy atom. The largest absolute Gasteiger partial charge is 0.494 e. The van der Waals surface area contributed by atoms with E-state index in [1.807, 2.05) is 37.3 Å². The molecular formula is C17H30IN3O4S. The van der Waals surface area contributed by atoms with Gasteiger partial charge >= 0.3 is 0 Å². The van der Waals surface area contributed by atoms with Crippen molar-refractivity contribution in [3.63, 3.8) is 0 Å². The lowest BCUT2D eigenvalue weighted by Gasteiger charge is -2.11. The van der Waals surface area contributed by atoms with Crippen molar-refractivity contribution in [2.24, 2.45) is 4.99 Å². The van der Waals surface area contributed by atoms with Crippen LogP contribution in [0.25, 0.3) is 0 Å². The first-order valence-electron chi connectivity index (χ1n) is 8.47. The summed E-state index contributed by atoms with van der Waals surface area (Å²) in [6.45, 7) is 5.23. The molecule has 0 amide bonds. The summed E-state index contributed by atoms with van der Waals surface area (Å²) in [7, 11) is -2.97. The molecule has 0 heterocycles. The number of guanidine groups is 1. The highest BCUT2D eigenvalue weighted by Gasteiger charge is 2.01. The van der Waals surface area contributed by atoms with Gasteiger partial charge in [-0.1, -0.05) is 18.2 Å². The number of sulfone groups is 1. The molecule has 0 unspecified atom stereocenters. The number of rotatable bonds is 12. The van der Waals surface area contributed by atoms with Crippen LogP contribution in [0.4, 0.5) is 0 Å². The van der Waals surface area contributed by atoms with Crippen LogP contribution in [0.5, 0.6) is 5.75 Å². The van der Waals surface area contributed by atoms with Gasteiger partial charge in [0.1, 0.15) is 15.6 Å². The number of hydrogen-bond acceptors (Lipinski definition) is 5. The smallest absolute Gasteiger partial charge is 0.191 e. The number of nitrogens with one attached hydrogen (secondary N) is 2. The summed E-state index contributed by atoms with van der Waals surface area (Å²) in [5.41, 5.74) is 0. The van der Waals surface area contributed by atoms with Crippen LogP contribution in [0, 0.1) is 0 Å². The maximum absolute atomic E-state index is 11.0. The summed E-state index contributed by atoms with van der Waals surface area (Å²) in [6, 6.07) is 9.70. The average Bonchev–Trinajstić information content (AvgIpc) is 2.57. The molecule has 0 bridgehead atoms. The standard InChI is InChI=1S/C17H29N3O4S.HI/c1-3-18-17(20-11-13-23-14-15-25(2,21)22)19-10-7-12-24-16-8-5-4-6-9-16;/h4-6,8-9H,3,7,10-15H2,1-2H3,(H2,18,19,20);1H. The molecule has 26 heavy (non-hydrogen) atoms. The summed E-state index contributed by atoms with van der Waals surface area (Å²) in [5, 5.41) is 6.30. The Morgan fingerprint density at radius 1 is 1.12 bits per heavy atom. The Morgan fingerprint density at radius 2 is 1.85 bits per heavy atom. The normalized spacial score (nSPS) is 11.5. The van der Waals surface area contributed by atoms with Crippen molar-refractivity contribution in [3.8, 4) is 5.75 Å². The minimum absolute atomic E-state index is 0. The number of nitrogens with zero attached hydrogens (tertiary/aromatic N) is 1. The maximum atomic E-state index is 11.0. The molecule has 1 rings (SSSR count). The van der Waals surface area contributed by atoms with Crippen molar-refractivity contribution in [3.05, 3.63) is 30.3 Å². The van der Waals surface area contributed by atoms with Crippen LogP contribution in [0.3, 0.4) is 0 Å². The zero-order chi connectivity index (χ0) is 18.4. The number of benzene rings is 1. The third-order valence-corrected chi connectivity index (χ3v) is 3.97. The fourth-order valence-corrected chi connectivity index (χ4v) is 2.28. The highest BCUT2D eigenvalue weighted by Crippen LogP contribution is 2.08. The van der Waals surface area contributed by atoms with Gasteiger partial charge in [-0.3, -0.25) is 4.99 Å². The second-order valence-electron chi connectivity index (χ2n) is 5.44. The first-order valence-corrected chi connectivity index (χ1v) is 10.5. The van der Waals surface area contributed by atoms with E-state index >= 15 is 0 Å². The topological polar surface area (TPSA) is 89.0 Å². The molecule has 9 heteroatoms. The van der Waals surface area contributed by atoms with Gasteiger partial charge in [0.15, 0.2) is 5.96 Å². The Bertz CT molecular complexity index is 597. The molecular weight excluding hydrogens is 469 g/mol. The van der Waals surface area contributed by atoms with Crippen molar-refractivity contribution >= 4 is 39.8 Å². The minimum atomic E-state index is -2.97. The van der Waals surface area contributed by atoms with Gasteiger partial charge in [-0.2, -0.15) is 0 Å². The van der Waals surface area contributed by atoms with E-state index < -0.39 is 9.84 Å². The summed E-state index contributed by atoms with van der Waals surface area (Å²) in [4.78, 5) is 4.46. The number of para-hydroxylation sites is 1. The minimum Gasteiger partial charge on any atom is -0.494 e. The number of hydrogen-bond donors (Lipinski definition) is 2. The van der Waals surface area contributed by atoms with Crippen molar-refractivity contribution in [1.82, 2.24) is 10.6 Å². The molecule has 0 aliphatic heterocycles. The van der Waals surface area contributed by atoms with Crippen LogP contribution < -0.4 is 15.4 Å². The zero-order valence-corrected chi connectivity index (χ0v) is 18.6. The van der Waals surface area contributed by atoms with E-state index in [2.05, 4.69) is 15.6 Å². The molecule has 0 saturated carbocycles. The second kappa shape index (κ2) is 15.0. The van der Waals surface area contributed by atoms with Gasteiger partial charge in [0.25, 0.3) is 0 Å². The van der Waals surface area contributed by atoms with E-state index in [9.17, 15) is 8.42 Å². The zero-order valence-electron chi connectivity index (χ0n) is 15.4. The van der Waals surface area contributed by atoms with Gasteiger partial charge in [-0.25, -0.2) is 8.42 Å². The third-order valence-electron chi connectivity index (χ3n) is 3.07. The Balaban J connectivity index is 0.00000625. The SMILES string of the molecule is CCNC(=NCCCOc1ccccc1)NCCOCCS(C)(=O)=O.I. The highest BCUT2D eigenvalue weighted by atomic mass is 127. The molecule has 0 saturated heterocycles. The van der Waals surface area contributed by atoms with Gasteiger partial charge in [-0.15, -0.1) is 24.0 Å². The quantitative estimate of drug-likeness (QED) is 0.197. The van der Waals surface area contributed by atoms with Crippen LogP contribution >= 0.6 is 24.0 Å². The molecule has 1 aromatic carbocycles. The molecule has 0 aliphatic rings. The predicted molar refractivity (Wildman–Crippen MR) is 116 cm³/mol. The van der Waals surface area contributed by atoms with Crippen LogP contribution in [0.15, 0.2) is 35.3 Å². The summed E-state index contributed by atoms with van der Waals surface area (Å²) in [6.07, 6.45) is 2.02. The van der Waals surface area contributed by atoms with E-state index in [1.54, 1.807) is 0 Å². The van der Waals surface area contributed by atoms with E-state index in [0.717, 1.165) is 18.7 Å². The third kappa shape index (κ3) is 14.1. The van der Waals surface area contributed by atoms with E-state index in [-0.39, 0.29) is 36.3 Å². The van der Waals surface area contributed by atoms with E-state index in [0.29, 0.717) is 32.3 Å². The monoisotopic (exact) mass is 499 g/mol. The first kappa shape index (κ1) is 24.9. The molecule has 2 N–H and O–H groups in total. The molecule has 0 spiro atoms. The molecule has 0 atom stereocenters. The number of ether oxygens (including phenoxy) is 2. The summed E-state index contributed by atoms with van der Waals surface area (Å²) < 4.78 is 32.9. The van der Waals surface area contributed by atoms with Gasteiger partial charge in [0.2, 0.25) is 0 Å². The van der Waals surface area contributed by atoms with Crippen molar-refractivity contribution < 1.29 is 17.9 Å². The van der Waals surface area contributed by atoms with Gasteiger partial charge < -0.3 is 20.1 Å². The van der Waals surface area contributed by atoms with E-state index in [1.165, 1.54) is 6.26 Å². The molecule has 0 fully saturated rings. The molecule has 150 valence electrons. The Kier molecular flexibility index (Phi) is 14.4. The summed E-state index contributed by atoms with van der Waals surface area (Å²) >= 11 is 0. The Labute approximate surface area is 173 Å². The second-order valence-corrected chi connectivity index (χ2v) is 7.70. The Hall–Kier alpha value is -1.07. The molecule has 7 nitrogen and oxygen atoms in total. The lowest BCUT2D eigenvalue weighted by Crippen LogP contribution is -2.39. The predicted octanol–water partition coefficient (Wildman–Crippen LogP) is 1.69. The van der Waals surface area contributed by atoms with Crippen molar-refractivity contribution in [1.29, 1.82) is 0 Å². The first-order chi connectivity index (χ1) is 12.0. The maximum Gasteiger partial charge on any atom is 0.191 e. The van der Waals surface area contributed by atoms with Gasteiger partial charge in [0.05, 0.1) is 25.6 Å². The fourth-order valence-electron chi connectivity index (χ4n) is 1.86. The van der Waals surface area contributed by atoms with Gasteiger partial charge in [-0.05, 0) is 19.1 Å². The van der Waals surface area contributed by atoms with Crippen LogP contribution in [0.1, 0.15) is 13.3 Å². The van der Waals surface area contributed by atoms with Crippen molar-refractivity contribution in [2.45, 2.75) is 13.3 Å². The van der Waals surface area contributed by atoms with Crippen molar-refractivity contribution in [2.75, 3.05) is 51.5 Å². The number of aliphatic imine (C=N–C) groups is 1. The van der Waals surface area contributed by atoms with E-state index in [4.69, 9.17) is 9.47 Å².